The average molecular weight is 485 g/mol. The quantitative estimate of drug-likeness (QED) is 0.185. The fourth-order valence-electron chi connectivity index (χ4n) is 4.33. The molecule has 5 rings (SSSR count). The fourth-order valence-corrected chi connectivity index (χ4v) is 7.58. The molecule has 0 spiro atoms. The van der Waals surface area contributed by atoms with Crippen molar-refractivity contribution in [3.63, 3.8) is 0 Å². The number of hydrogen-bond donors (Lipinski definition) is 0. The second-order valence-corrected chi connectivity index (χ2v) is 11.3. The normalized spacial score (nSPS) is 11.2. The largest absolute Gasteiger partial charge is 0.143 e. The summed E-state index contributed by atoms with van der Waals surface area (Å²) in [5.41, 5.74) is 5.87. The molecule has 3 heteroatoms. The van der Waals surface area contributed by atoms with Gasteiger partial charge in [-0.25, -0.2) is 0 Å². The summed E-state index contributed by atoms with van der Waals surface area (Å²) in [4.78, 5) is 5.75. The van der Waals surface area contributed by atoms with E-state index in [1.54, 1.807) is 0 Å². The molecule has 33 heavy (non-hydrogen) atoms. The van der Waals surface area contributed by atoms with Gasteiger partial charge in [-0.3, -0.25) is 0 Å². The first-order valence-electron chi connectivity index (χ1n) is 11.7. The van der Waals surface area contributed by atoms with Crippen LogP contribution in [0.3, 0.4) is 0 Å². The number of hydrogen-bond acceptors (Lipinski definition) is 3. The van der Waals surface area contributed by atoms with Crippen molar-refractivity contribution in [2.45, 2.75) is 38.5 Å². The Hall–Kier alpha value is -2.46. The van der Waals surface area contributed by atoms with E-state index >= 15 is 0 Å². The van der Waals surface area contributed by atoms with Gasteiger partial charge in [0.25, 0.3) is 0 Å². The minimum Gasteiger partial charge on any atom is -0.143 e. The molecule has 3 aromatic heterocycles. The third-order valence-corrected chi connectivity index (χ3v) is 9.41. The molecular weight excluding hydrogens is 457 g/mol. The van der Waals surface area contributed by atoms with Gasteiger partial charge in [-0.1, -0.05) is 60.7 Å². The van der Waals surface area contributed by atoms with Crippen LogP contribution in [0.4, 0.5) is 0 Å². The highest BCUT2D eigenvalue weighted by Gasteiger charge is 2.14. The minimum atomic E-state index is 1.14. The van der Waals surface area contributed by atoms with Gasteiger partial charge in [0, 0.05) is 19.5 Å². The summed E-state index contributed by atoms with van der Waals surface area (Å²) in [6, 6.07) is 31.0. The Labute approximate surface area is 209 Å². The Bertz CT molecular complexity index is 1160. The third kappa shape index (κ3) is 5.73. The number of aryl methyl sites for hydroxylation is 4. The van der Waals surface area contributed by atoms with Crippen LogP contribution < -0.4 is 0 Å². The van der Waals surface area contributed by atoms with Gasteiger partial charge < -0.3 is 0 Å². The maximum absolute atomic E-state index is 2.33. The van der Waals surface area contributed by atoms with Gasteiger partial charge in [0.1, 0.15) is 0 Å². The van der Waals surface area contributed by atoms with Crippen molar-refractivity contribution in [3.05, 3.63) is 118 Å². The predicted octanol–water partition coefficient (Wildman–Crippen LogP) is 9.56. The first-order valence-corrected chi connectivity index (χ1v) is 14.3. The Kier molecular flexibility index (Phi) is 7.52. The van der Waals surface area contributed by atoms with Crippen molar-refractivity contribution < 1.29 is 0 Å². The molecule has 0 radical (unpaired) electrons. The van der Waals surface area contributed by atoms with Crippen molar-refractivity contribution >= 4 is 34.0 Å². The van der Waals surface area contributed by atoms with Crippen LogP contribution in [-0.2, 0) is 25.7 Å². The smallest absolute Gasteiger partial charge is 0.0474 e. The van der Waals surface area contributed by atoms with E-state index in [2.05, 4.69) is 95.7 Å². The lowest BCUT2D eigenvalue weighted by molar-refractivity contribution is 0.824. The topological polar surface area (TPSA) is 0 Å². The second kappa shape index (κ2) is 11.1. The van der Waals surface area contributed by atoms with E-state index in [0.717, 1.165) is 25.7 Å². The highest BCUT2D eigenvalue weighted by Crippen LogP contribution is 2.42. The zero-order chi connectivity index (χ0) is 22.3. The molecule has 0 aliphatic carbocycles. The zero-order valence-corrected chi connectivity index (χ0v) is 21.2. The van der Waals surface area contributed by atoms with Crippen LogP contribution in [0.1, 0.15) is 35.1 Å². The summed E-state index contributed by atoms with van der Waals surface area (Å²) in [7, 11) is 0. The van der Waals surface area contributed by atoms with E-state index in [-0.39, 0.29) is 0 Å². The van der Waals surface area contributed by atoms with Gasteiger partial charge >= 0.3 is 0 Å². The first kappa shape index (κ1) is 22.3. The van der Waals surface area contributed by atoms with E-state index in [1.807, 2.05) is 34.0 Å². The molecule has 0 N–H and O–H groups in total. The fraction of sp³-hybridized carbons (Fsp3) is 0.200. The highest BCUT2D eigenvalue weighted by molar-refractivity contribution is 7.25. The third-order valence-electron chi connectivity index (χ3n) is 6.06. The molecule has 3 heterocycles. The highest BCUT2D eigenvalue weighted by atomic mass is 32.1. The molecular formula is C30H28S3. The van der Waals surface area contributed by atoms with Gasteiger partial charge in [-0.2, -0.15) is 0 Å². The molecule has 0 saturated heterocycles. The van der Waals surface area contributed by atoms with Gasteiger partial charge in [0.2, 0.25) is 0 Å². The number of rotatable bonds is 10. The molecule has 5 aromatic rings. The van der Waals surface area contributed by atoms with Crippen LogP contribution in [0, 0.1) is 0 Å². The molecule has 0 fully saturated rings. The molecule has 0 saturated carbocycles. The molecule has 0 bridgehead atoms. The van der Waals surface area contributed by atoms with E-state index in [9.17, 15) is 0 Å². The van der Waals surface area contributed by atoms with Crippen LogP contribution in [0.25, 0.3) is 19.5 Å². The Morgan fingerprint density at radius 2 is 0.909 bits per heavy atom. The minimum absolute atomic E-state index is 1.14. The SMILES string of the molecule is c1ccc(CCCc2ccsc2-c2ccc(-c3sccc3CCCc3ccccc3)s2)cc1. The average Bonchev–Trinajstić information content (AvgIpc) is 3.61. The molecule has 0 aliphatic rings. The van der Waals surface area contributed by atoms with Gasteiger partial charge in [0.15, 0.2) is 0 Å². The Balaban J connectivity index is 1.23. The van der Waals surface area contributed by atoms with Crippen LogP contribution in [0.2, 0.25) is 0 Å². The van der Waals surface area contributed by atoms with Crippen LogP contribution in [0.15, 0.2) is 95.7 Å². The number of benzene rings is 2. The molecule has 2 aromatic carbocycles. The van der Waals surface area contributed by atoms with E-state index in [1.165, 1.54) is 54.6 Å². The lowest BCUT2D eigenvalue weighted by Gasteiger charge is -2.04. The lowest BCUT2D eigenvalue weighted by atomic mass is 10.0. The molecule has 0 unspecified atom stereocenters. The summed E-state index contributed by atoms with van der Waals surface area (Å²) in [6.07, 6.45) is 6.97. The van der Waals surface area contributed by atoms with Crippen molar-refractivity contribution in [3.8, 4) is 19.5 Å². The van der Waals surface area contributed by atoms with E-state index < -0.39 is 0 Å². The second-order valence-electron chi connectivity index (χ2n) is 8.39. The van der Waals surface area contributed by atoms with Crippen LogP contribution in [-0.4, -0.2) is 0 Å². The van der Waals surface area contributed by atoms with Gasteiger partial charge in [-0.15, -0.1) is 34.0 Å². The molecule has 0 amide bonds. The standard InChI is InChI=1S/C30H28S3/c1-3-9-23(10-4-1)13-7-15-25-19-21-31-29(25)27-17-18-28(33-27)30-26(20-22-32-30)16-8-14-24-11-5-2-6-12-24/h1-6,9-12,17-22H,7-8,13-16H2. The van der Waals surface area contributed by atoms with Crippen molar-refractivity contribution in [1.29, 1.82) is 0 Å². The van der Waals surface area contributed by atoms with Crippen molar-refractivity contribution in [2.24, 2.45) is 0 Å². The van der Waals surface area contributed by atoms with Crippen LogP contribution in [0.5, 0.6) is 0 Å². The Morgan fingerprint density at radius 3 is 1.36 bits per heavy atom. The van der Waals surface area contributed by atoms with E-state index in [4.69, 9.17) is 0 Å². The summed E-state index contributed by atoms with van der Waals surface area (Å²) in [6.45, 7) is 0. The first-order chi connectivity index (χ1) is 16.4. The lowest BCUT2D eigenvalue weighted by Crippen LogP contribution is -1.89. The monoisotopic (exact) mass is 484 g/mol. The van der Waals surface area contributed by atoms with Gasteiger partial charge in [-0.05, 0) is 95.8 Å². The molecule has 0 atom stereocenters. The molecule has 166 valence electrons. The zero-order valence-electron chi connectivity index (χ0n) is 18.7. The maximum Gasteiger partial charge on any atom is 0.0474 e. The summed E-state index contributed by atoms with van der Waals surface area (Å²) < 4.78 is 0. The summed E-state index contributed by atoms with van der Waals surface area (Å²) >= 11 is 5.74. The molecule has 0 nitrogen and oxygen atoms in total. The maximum atomic E-state index is 2.33. The summed E-state index contributed by atoms with van der Waals surface area (Å²) in [5, 5.41) is 4.51. The number of thiophene rings is 3. The van der Waals surface area contributed by atoms with Gasteiger partial charge in [0.05, 0.1) is 0 Å². The summed E-state index contributed by atoms with van der Waals surface area (Å²) in [5.74, 6) is 0. The predicted molar refractivity (Wildman–Crippen MR) is 148 cm³/mol. The molecule has 0 aliphatic heterocycles. The van der Waals surface area contributed by atoms with E-state index in [0.29, 0.717) is 0 Å². The Morgan fingerprint density at radius 1 is 0.455 bits per heavy atom. The van der Waals surface area contributed by atoms with Crippen LogP contribution >= 0.6 is 34.0 Å². The van der Waals surface area contributed by atoms with Crippen molar-refractivity contribution in [2.75, 3.05) is 0 Å². The van der Waals surface area contributed by atoms with Crippen molar-refractivity contribution in [1.82, 2.24) is 0 Å².